The van der Waals surface area contributed by atoms with Crippen LogP contribution in [0.4, 0.5) is 0 Å². The van der Waals surface area contributed by atoms with Crippen molar-refractivity contribution >= 4 is 40.7 Å². The summed E-state index contributed by atoms with van der Waals surface area (Å²) in [5.74, 6) is 1.20. The Morgan fingerprint density at radius 1 is 1.06 bits per heavy atom. The third-order valence-corrected chi connectivity index (χ3v) is 5.48. The van der Waals surface area contributed by atoms with Gasteiger partial charge in [0.2, 0.25) is 6.79 Å². The highest BCUT2D eigenvalue weighted by atomic mass is 127. The first-order valence-electron chi connectivity index (χ1n) is 10.3. The van der Waals surface area contributed by atoms with E-state index < -0.39 is 5.97 Å². The summed E-state index contributed by atoms with van der Waals surface area (Å²) in [6.07, 6.45) is 1.46. The van der Waals surface area contributed by atoms with Crippen LogP contribution < -0.4 is 24.4 Å². The van der Waals surface area contributed by atoms with Crippen LogP contribution in [0.2, 0.25) is 0 Å². The molecule has 1 heterocycles. The number of nitrogens with zero attached hydrogens (tertiary/aromatic N) is 1. The smallest absolute Gasteiger partial charge is 0.343 e. The van der Waals surface area contributed by atoms with Gasteiger partial charge in [-0.05, 0) is 95.6 Å². The van der Waals surface area contributed by atoms with Gasteiger partial charge in [0.25, 0.3) is 5.91 Å². The predicted molar refractivity (Wildman–Crippen MR) is 134 cm³/mol. The molecule has 4 rings (SSSR count). The molecule has 0 radical (unpaired) electrons. The second-order valence-corrected chi connectivity index (χ2v) is 8.73. The summed E-state index contributed by atoms with van der Waals surface area (Å²) >= 11 is 2.24. The highest BCUT2D eigenvalue weighted by molar-refractivity contribution is 14.1. The first-order chi connectivity index (χ1) is 16.4. The molecule has 1 aliphatic heterocycles. The normalized spacial score (nSPS) is 12.0. The third kappa shape index (κ3) is 5.84. The van der Waals surface area contributed by atoms with Crippen LogP contribution in [-0.2, 0) is 4.79 Å². The molecular weight excluding hydrogens is 551 g/mol. The predicted octanol–water partition coefficient (Wildman–Crippen LogP) is 4.39. The molecule has 34 heavy (non-hydrogen) atoms. The molecule has 0 aliphatic carbocycles. The van der Waals surface area contributed by atoms with Crippen molar-refractivity contribution in [3.8, 4) is 23.0 Å². The van der Waals surface area contributed by atoms with Crippen molar-refractivity contribution in [2.45, 2.75) is 13.8 Å². The van der Waals surface area contributed by atoms with Gasteiger partial charge >= 0.3 is 5.97 Å². The number of ether oxygens (including phenoxy) is 4. The van der Waals surface area contributed by atoms with Gasteiger partial charge in [-0.15, -0.1) is 0 Å². The van der Waals surface area contributed by atoms with E-state index in [2.05, 4.69) is 33.1 Å². The van der Waals surface area contributed by atoms with Gasteiger partial charge in [-0.25, -0.2) is 10.2 Å². The quantitative estimate of drug-likeness (QED) is 0.149. The van der Waals surface area contributed by atoms with Gasteiger partial charge < -0.3 is 18.9 Å². The van der Waals surface area contributed by atoms with Crippen molar-refractivity contribution in [1.82, 2.24) is 5.43 Å². The Morgan fingerprint density at radius 2 is 1.82 bits per heavy atom. The van der Waals surface area contributed by atoms with Crippen LogP contribution in [0.3, 0.4) is 0 Å². The molecule has 174 valence electrons. The highest BCUT2D eigenvalue weighted by Crippen LogP contribution is 2.32. The van der Waals surface area contributed by atoms with Crippen LogP contribution in [-0.4, -0.2) is 31.5 Å². The average molecular weight is 572 g/mol. The molecule has 1 N–H and O–H groups in total. The third-order valence-electron chi connectivity index (χ3n) is 4.85. The number of fused-ring (bicyclic) bond motifs is 1. The zero-order chi connectivity index (χ0) is 24.1. The maximum Gasteiger partial charge on any atom is 0.343 e. The minimum atomic E-state index is -0.529. The fraction of sp³-hybridized carbons (Fsp3) is 0.160. The van der Waals surface area contributed by atoms with E-state index in [1.165, 1.54) is 6.21 Å². The van der Waals surface area contributed by atoms with Gasteiger partial charge in [0, 0.05) is 3.57 Å². The largest absolute Gasteiger partial charge is 0.483 e. The molecule has 0 saturated carbocycles. The summed E-state index contributed by atoms with van der Waals surface area (Å²) in [5, 5.41) is 3.95. The number of halogens is 1. The van der Waals surface area contributed by atoms with E-state index >= 15 is 0 Å². The van der Waals surface area contributed by atoms with Gasteiger partial charge in [-0.2, -0.15) is 5.10 Å². The fourth-order valence-corrected chi connectivity index (χ4v) is 4.26. The summed E-state index contributed by atoms with van der Waals surface area (Å²) in [6, 6.07) is 15.6. The second kappa shape index (κ2) is 10.6. The van der Waals surface area contributed by atoms with Gasteiger partial charge in [-0.1, -0.05) is 12.1 Å². The molecule has 0 spiro atoms. The summed E-state index contributed by atoms with van der Waals surface area (Å²) in [5.41, 5.74) is 5.35. The minimum absolute atomic E-state index is 0.128. The Hall–Kier alpha value is -3.60. The zero-order valence-electron chi connectivity index (χ0n) is 18.5. The lowest BCUT2D eigenvalue weighted by atomic mass is 10.1. The number of hydrogen-bond donors (Lipinski definition) is 1. The van der Waals surface area contributed by atoms with E-state index in [9.17, 15) is 9.59 Å². The molecule has 1 aliphatic rings. The number of hydrazone groups is 1. The number of benzene rings is 3. The first kappa shape index (κ1) is 23.6. The van der Waals surface area contributed by atoms with Crippen LogP contribution in [0.5, 0.6) is 23.0 Å². The molecular formula is C25H21IN2O6. The monoisotopic (exact) mass is 572 g/mol. The van der Waals surface area contributed by atoms with Crippen molar-refractivity contribution in [2.75, 3.05) is 13.4 Å². The van der Waals surface area contributed by atoms with Gasteiger partial charge in [0.05, 0.1) is 11.8 Å². The Morgan fingerprint density at radius 3 is 2.62 bits per heavy atom. The zero-order valence-corrected chi connectivity index (χ0v) is 20.6. The minimum Gasteiger partial charge on any atom is -0.483 e. The molecule has 9 heteroatoms. The number of esters is 1. The SMILES string of the molecule is Cc1cc(I)cc(C)c1OCC(=O)N/N=C\c1cccc(OC(=O)c2ccc3c(c2)OCO3)c1. The lowest BCUT2D eigenvalue weighted by Gasteiger charge is -2.11. The Bertz CT molecular complexity index is 1250. The van der Waals surface area contributed by atoms with E-state index in [0.29, 0.717) is 34.1 Å². The summed E-state index contributed by atoms with van der Waals surface area (Å²) in [7, 11) is 0. The maximum atomic E-state index is 12.5. The molecule has 1 amide bonds. The first-order valence-corrected chi connectivity index (χ1v) is 11.4. The number of hydrogen-bond acceptors (Lipinski definition) is 7. The van der Waals surface area contributed by atoms with Crippen LogP contribution in [0.25, 0.3) is 0 Å². The Balaban J connectivity index is 1.31. The molecule has 0 atom stereocenters. The average Bonchev–Trinajstić information content (AvgIpc) is 3.26. The molecule has 0 unspecified atom stereocenters. The Labute approximate surface area is 210 Å². The van der Waals surface area contributed by atoms with Crippen LogP contribution >= 0.6 is 22.6 Å². The van der Waals surface area contributed by atoms with E-state index in [0.717, 1.165) is 14.7 Å². The maximum absolute atomic E-state index is 12.5. The van der Waals surface area contributed by atoms with Gasteiger partial charge in [0.1, 0.15) is 11.5 Å². The topological polar surface area (TPSA) is 95.5 Å². The fourth-order valence-electron chi connectivity index (χ4n) is 3.32. The van der Waals surface area contributed by atoms with Crippen molar-refractivity contribution in [3.63, 3.8) is 0 Å². The number of amides is 1. The number of nitrogens with one attached hydrogen (secondary N) is 1. The van der Waals surface area contributed by atoms with Crippen molar-refractivity contribution < 1.29 is 28.5 Å². The van der Waals surface area contributed by atoms with E-state index in [4.69, 9.17) is 18.9 Å². The molecule has 0 fully saturated rings. The van der Waals surface area contributed by atoms with Crippen LogP contribution in [0, 0.1) is 17.4 Å². The van der Waals surface area contributed by atoms with Gasteiger partial charge in [-0.3, -0.25) is 4.79 Å². The second-order valence-electron chi connectivity index (χ2n) is 7.48. The molecule has 3 aromatic carbocycles. The lowest BCUT2D eigenvalue weighted by Crippen LogP contribution is -2.25. The summed E-state index contributed by atoms with van der Waals surface area (Å²) < 4.78 is 22.7. The lowest BCUT2D eigenvalue weighted by molar-refractivity contribution is -0.123. The number of carbonyl (C=O) groups excluding carboxylic acids is 2. The number of rotatable bonds is 7. The van der Waals surface area contributed by atoms with Crippen LogP contribution in [0.15, 0.2) is 59.7 Å². The standard InChI is InChI=1S/C25H21IN2O6/c1-15-8-19(26)9-16(2)24(15)31-13-23(29)28-27-12-17-4-3-5-20(10-17)34-25(30)18-6-7-21-22(11-18)33-14-32-21/h3-12H,13-14H2,1-2H3,(H,28,29)/b27-12-. The number of carbonyl (C=O) groups is 2. The van der Waals surface area contributed by atoms with Gasteiger partial charge in [0.15, 0.2) is 18.1 Å². The molecule has 0 saturated heterocycles. The summed E-state index contributed by atoms with van der Waals surface area (Å²) in [6.45, 7) is 3.84. The Kier molecular flexibility index (Phi) is 7.31. The molecule has 8 nitrogen and oxygen atoms in total. The molecule has 0 aromatic heterocycles. The van der Waals surface area contributed by atoms with Crippen LogP contribution in [0.1, 0.15) is 27.0 Å². The van der Waals surface area contributed by atoms with Crippen molar-refractivity contribution in [3.05, 3.63) is 80.4 Å². The van der Waals surface area contributed by atoms with E-state index in [-0.39, 0.29) is 19.3 Å². The molecule has 0 bridgehead atoms. The highest BCUT2D eigenvalue weighted by Gasteiger charge is 2.17. The van der Waals surface area contributed by atoms with E-state index in [1.807, 2.05) is 26.0 Å². The van der Waals surface area contributed by atoms with Crippen molar-refractivity contribution in [1.29, 1.82) is 0 Å². The summed E-state index contributed by atoms with van der Waals surface area (Å²) in [4.78, 5) is 24.6. The van der Waals surface area contributed by atoms with Crippen molar-refractivity contribution in [2.24, 2.45) is 5.10 Å². The number of aryl methyl sites for hydroxylation is 2. The molecule has 3 aromatic rings. The van der Waals surface area contributed by atoms with E-state index in [1.54, 1.807) is 42.5 Å².